The first-order chi connectivity index (χ1) is 11.4. The predicted molar refractivity (Wildman–Crippen MR) is 93.4 cm³/mol. The number of aromatic nitrogens is 3. The molecule has 24 heavy (non-hydrogen) atoms. The van der Waals surface area contributed by atoms with E-state index in [0.29, 0.717) is 16.9 Å². The van der Waals surface area contributed by atoms with Crippen molar-refractivity contribution in [3.63, 3.8) is 0 Å². The molecule has 6 nitrogen and oxygen atoms in total. The van der Waals surface area contributed by atoms with E-state index in [1.165, 1.54) is 6.07 Å². The molecule has 0 unspecified atom stereocenters. The summed E-state index contributed by atoms with van der Waals surface area (Å²) in [5.74, 6) is -0.0775. The van der Waals surface area contributed by atoms with Crippen molar-refractivity contribution in [3.8, 4) is 5.75 Å². The van der Waals surface area contributed by atoms with Crippen LogP contribution in [0.2, 0.25) is 0 Å². The van der Waals surface area contributed by atoms with Crippen molar-refractivity contribution in [2.45, 2.75) is 26.7 Å². The summed E-state index contributed by atoms with van der Waals surface area (Å²) in [5, 5.41) is 17.8. The van der Waals surface area contributed by atoms with E-state index < -0.39 is 0 Å². The molecule has 0 aliphatic carbocycles. The Kier molecular flexibility index (Phi) is 3.97. The lowest BCUT2D eigenvalue weighted by molar-refractivity contribution is 0.102. The summed E-state index contributed by atoms with van der Waals surface area (Å²) in [7, 11) is 1.82. The second kappa shape index (κ2) is 5.96. The number of anilines is 1. The first-order valence-electron chi connectivity index (χ1n) is 7.82. The van der Waals surface area contributed by atoms with Crippen molar-refractivity contribution in [3.05, 3.63) is 47.3 Å². The van der Waals surface area contributed by atoms with Crippen LogP contribution in [0.1, 0.15) is 41.5 Å². The van der Waals surface area contributed by atoms with Crippen LogP contribution in [0.5, 0.6) is 5.75 Å². The zero-order valence-corrected chi connectivity index (χ0v) is 14.2. The number of para-hydroxylation sites is 2. The fourth-order valence-corrected chi connectivity index (χ4v) is 2.71. The van der Waals surface area contributed by atoms with Crippen LogP contribution >= 0.6 is 0 Å². The third-order valence-electron chi connectivity index (χ3n) is 3.98. The second-order valence-electron chi connectivity index (χ2n) is 6.13. The molecule has 0 radical (unpaired) electrons. The standard InChI is InChI=1S/C18H20N4O2/c1-10(2)14-9-12(16-11(3)21-22(4)17(16)19-14)18(24)20-13-7-5-6-8-15(13)23/h5-10,23H,1-4H3,(H,20,24). The zero-order chi connectivity index (χ0) is 17.4. The third-order valence-corrected chi connectivity index (χ3v) is 3.98. The summed E-state index contributed by atoms with van der Waals surface area (Å²) in [4.78, 5) is 17.5. The van der Waals surface area contributed by atoms with Gasteiger partial charge in [-0.3, -0.25) is 9.48 Å². The maximum Gasteiger partial charge on any atom is 0.256 e. The van der Waals surface area contributed by atoms with Gasteiger partial charge in [-0.15, -0.1) is 0 Å². The second-order valence-corrected chi connectivity index (χ2v) is 6.13. The number of nitrogens with one attached hydrogen (secondary N) is 1. The Morgan fingerprint density at radius 2 is 2.00 bits per heavy atom. The van der Waals surface area contributed by atoms with Crippen molar-refractivity contribution in [1.29, 1.82) is 0 Å². The average molecular weight is 324 g/mol. The zero-order valence-electron chi connectivity index (χ0n) is 14.2. The molecule has 0 saturated heterocycles. The number of carbonyl (C=O) groups is 1. The highest BCUT2D eigenvalue weighted by Gasteiger charge is 2.20. The number of amides is 1. The Bertz CT molecular complexity index is 928. The smallest absolute Gasteiger partial charge is 0.256 e. The van der Waals surface area contributed by atoms with Gasteiger partial charge in [0.1, 0.15) is 5.75 Å². The fourth-order valence-electron chi connectivity index (χ4n) is 2.71. The van der Waals surface area contributed by atoms with E-state index in [4.69, 9.17) is 0 Å². The molecule has 0 fully saturated rings. The molecule has 1 amide bonds. The molecule has 6 heteroatoms. The lowest BCUT2D eigenvalue weighted by atomic mass is 10.0. The lowest BCUT2D eigenvalue weighted by Gasteiger charge is -2.11. The van der Waals surface area contributed by atoms with Gasteiger partial charge in [-0.05, 0) is 31.0 Å². The molecular weight excluding hydrogens is 304 g/mol. The van der Waals surface area contributed by atoms with Gasteiger partial charge in [0.05, 0.1) is 22.3 Å². The molecule has 0 atom stereocenters. The normalized spacial score (nSPS) is 11.2. The maximum atomic E-state index is 12.8. The van der Waals surface area contributed by atoms with Crippen molar-refractivity contribution in [2.24, 2.45) is 7.05 Å². The van der Waals surface area contributed by atoms with E-state index in [9.17, 15) is 9.90 Å². The molecule has 3 rings (SSSR count). The summed E-state index contributed by atoms with van der Waals surface area (Å²) in [6.45, 7) is 5.92. The molecule has 0 saturated carbocycles. The van der Waals surface area contributed by atoms with E-state index in [1.807, 2.05) is 27.8 Å². The Morgan fingerprint density at radius 3 is 2.67 bits per heavy atom. The molecule has 2 N–H and O–H groups in total. The van der Waals surface area contributed by atoms with Gasteiger partial charge in [0.15, 0.2) is 5.65 Å². The number of nitrogens with zero attached hydrogens (tertiary/aromatic N) is 3. The van der Waals surface area contributed by atoms with Crippen LogP contribution in [-0.2, 0) is 7.05 Å². The first-order valence-corrected chi connectivity index (χ1v) is 7.82. The van der Waals surface area contributed by atoms with Crippen LogP contribution in [0, 0.1) is 6.92 Å². The first kappa shape index (κ1) is 16.0. The molecule has 124 valence electrons. The van der Waals surface area contributed by atoms with E-state index in [2.05, 4.69) is 15.4 Å². The van der Waals surface area contributed by atoms with Crippen LogP contribution < -0.4 is 5.32 Å². The van der Waals surface area contributed by atoms with Gasteiger partial charge in [0.25, 0.3) is 5.91 Å². The number of phenolic OH excluding ortho intramolecular Hbond substituents is 1. The van der Waals surface area contributed by atoms with Gasteiger partial charge in [-0.25, -0.2) is 4.98 Å². The van der Waals surface area contributed by atoms with E-state index >= 15 is 0 Å². The maximum absolute atomic E-state index is 12.8. The summed E-state index contributed by atoms with van der Waals surface area (Å²) in [5.41, 5.74) is 3.14. The Balaban J connectivity index is 2.13. The van der Waals surface area contributed by atoms with Crippen molar-refractivity contribution >= 4 is 22.6 Å². The number of aryl methyl sites for hydroxylation is 2. The van der Waals surface area contributed by atoms with Gasteiger partial charge in [0.2, 0.25) is 0 Å². The molecule has 0 aliphatic heterocycles. The number of carbonyl (C=O) groups excluding carboxylic acids is 1. The highest BCUT2D eigenvalue weighted by Crippen LogP contribution is 2.27. The number of rotatable bonds is 3. The molecular formula is C18H20N4O2. The summed E-state index contributed by atoms with van der Waals surface area (Å²) >= 11 is 0. The third kappa shape index (κ3) is 2.71. The molecule has 2 heterocycles. The number of hydrogen-bond acceptors (Lipinski definition) is 4. The van der Waals surface area contributed by atoms with Crippen molar-refractivity contribution in [1.82, 2.24) is 14.8 Å². The molecule has 3 aromatic rings. The van der Waals surface area contributed by atoms with E-state index in [1.54, 1.807) is 28.9 Å². The summed E-state index contributed by atoms with van der Waals surface area (Å²) in [6, 6.07) is 8.46. The summed E-state index contributed by atoms with van der Waals surface area (Å²) < 4.78 is 1.69. The van der Waals surface area contributed by atoms with Crippen molar-refractivity contribution < 1.29 is 9.90 Å². The minimum atomic E-state index is -0.290. The average Bonchev–Trinajstić information content (AvgIpc) is 2.83. The Hall–Kier alpha value is -2.89. The van der Waals surface area contributed by atoms with E-state index in [-0.39, 0.29) is 17.6 Å². The number of fused-ring (bicyclic) bond motifs is 1. The number of phenols is 1. The van der Waals surface area contributed by atoms with Gasteiger partial charge < -0.3 is 10.4 Å². The molecule has 0 spiro atoms. The van der Waals surface area contributed by atoms with Gasteiger partial charge in [-0.1, -0.05) is 26.0 Å². The van der Waals surface area contributed by atoms with Gasteiger partial charge in [-0.2, -0.15) is 5.10 Å². The van der Waals surface area contributed by atoms with Crippen molar-refractivity contribution in [2.75, 3.05) is 5.32 Å². The number of benzene rings is 1. The highest BCUT2D eigenvalue weighted by atomic mass is 16.3. The molecule has 2 aromatic heterocycles. The quantitative estimate of drug-likeness (QED) is 0.724. The van der Waals surface area contributed by atoms with Crippen LogP contribution in [0.15, 0.2) is 30.3 Å². The SMILES string of the molecule is Cc1nn(C)c2nc(C(C)C)cc(C(=O)Nc3ccccc3O)c12. The molecule has 0 aliphatic rings. The van der Waals surface area contributed by atoms with Crippen LogP contribution in [0.25, 0.3) is 11.0 Å². The monoisotopic (exact) mass is 324 g/mol. The number of aromatic hydroxyl groups is 1. The Morgan fingerprint density at radius 1 is 1.29 bits per heavy atom. The number of hydrogen-bond donors (Lipinski definition) is 2. The molecule has 0 bridgehead atoms. The minimum absolute atomic E-state index is 0.0307. The largest absolute Gasteiger partial charge is 0.506 e. The molecule has 1 aromatic carbocycles. The Labute approximate surface area is 140 Å². The number of pyridine rings is 1. The van der Waals surface area contributed by atoms with E-state index in [0.717, 1.165) is 16.8 Å². The van der Waals surface area contributed by atoms with Crippen LogP contribution in [-0.4, -0.2) is 25.8 Å². The summed E-state index contributed by atoms with van der Waals surface area (Å²) in [6.07, 6.45) is 0. The van der Waals surface area contributed by atoms with Gasteiger partial charge in [0, 0.05) is 12.7 Å². The van der Waals surface area contributed by atoms with Gasteiger partial charge >= 0.3 is 0 Å². The topological polar surface area (TPSA) is 80.0 Å². The van der Waals surface area contributed by atoms with Crippen LogP contribution in [0.4, 0.5) is 5.69 Å². The fraction of sp³-hybridized carbons (Fsp3) is 0.278. The highest BCUT2D eigenvalue weighted by molar-refractivity contribution is 6.13. The minimum Gasteiger partial charge on any atom is -0.506 e. The predicted octanol–water partition coefficient (Wildman–Crippen LogP) is 3.36. The lowest BCUT2D eigenvalue weighted by Crippen LogP contribution is -2.14. The van der Waals surface area contributed by atoms with Crippen LogP contribution in [0.3, 0.4) is 0 Å².